The first-order valence-electron chi connectivity index (χ1n) is 19.8. The summed E-state index contributed by atoms with van der Waals surface area (Å²) in [4.78, 5) is 50.7. The molecule has 0 spiro atoms. The van der Waals surface area contributed by atoms with Crippen LogP contribution in [0.4, 0.5) is 0 Å². The van der Waals surface area contributed by atoms with Crippen LogP contribution in [0.15, 0.2) is 72.2 Å². The number of benzene rings is 2. The highest BCUT2D eigenvalue weighted by atomic mass is 16.5. The minimum atomic E-state index is -0.794. The highest BCUT2D eigenvalue weighted by Crippen LogP contribution is 2.21. The maximum absolute atomic E-state index is 12.7. The Bertz CT molecular complexity index is 1310. The molecule has 8 heteroatoms. The molecule has 0 heterocycles. The molecule has 0 bridgehead atoms. The Hall–Kier alpha value is -4.20. The molecule has 0 aromatic heterocycles. The molecule has 0 aliphatic heterocycles. The van der Waals surface area contributed by atoms with E-state index in [-0.39, 0.29) is 11.1 Å². The van der Waals surface area contributed by atoms with Crippen LogP contribution in [0.5, 0.6) is 11.5 Å². The summed E-state index contributed by atoms with van der Waals surface area (Å²) in [5, 5.41) is 0. The van der Waals surface area contributed by atoms with Gasteiger partial charge in [-0.15, -0.1) is 0 Å². The van der Waals surface area contributed by atoms with Gasteiger partial charge in [0.2, 0.25) is 11.6 Å². The van der Waals surface area contributed by atoms with Crippen LogP contribution < -0.4 is 9.47 Å². The number of unbranched alkanes of at least 4 members (excludes halogenated alkanes) is 18. The van der Waals surface area contributed by atoms with Crippen molar-refractivity contribution in [3.8, 4) is 11.5 Å². The highest BCUT2D eigenvalue weighted by Gasteiger charge is 2.27. The van der Waals surface area contributed by atoms with Crippen molar-refractivity contribution in [3.05, 3.63) is 83.3 Å². The lowest BCUT2D eigenvalue weighted by Gasteiger charge is -2.13. The minimum Gasteiger partial charge on any atom is -0.494 e. The lowest BCUT2D eigenvalue weighted by atomic mass is 10.1. The van der Waals surface area contributed by atoms with Gasteiger partial charge < -0.3 is 18.9 Å². The summed E-state index contributed by atoms with van der Waals surface area (Å²) in [6.07, 6.45) is 26.7. The van der Waals surface area contributed by atoms with Gasteiger partial charge >= 0.3 is 11.9 Å². The van der Waals surface area contributed by atoms with Crippen molar-refractivity contribution in [2.75, 3.05) is 13.2 Å². The highest BCUT2D eigenvalue weighted by molar-refractivity contribution is 6.19. The molecule has 0 fully saturated rings. The Morgan fingerprint density at radius 2 is 0.712 bits per heavy atom. The second kappa shape index (κ2) is 25.7. The summed E-state index contributed by atoms with van der Waals surface area (Å²) in [7, 11) is 0. The van der Waals surface area contributed by atoms with Crippen LogP contribution in [0.3, 0.4) is 0 Å². The molecule has 2 aromatic carbocycles. The van der Waals surface area contributed by atoms with Crippen LogP contribution >= 0.6 is 0 Å². The monoisotopic (exact) mass is 716 g/mol. The van der Waals surface area contributed by atoms with Crippen molar-refractivity contribution in [2.24, 2.45) is 0 Å². The van der Waals surface area contributed by atoms with E-state index in [1.54, 1.807) is 48.5 Å². The summed E-state index contributed by atoms with van der Waals surface area (Å²) >= 11 is 0. The first-order valence-corrected chi connectivity index (χ1v) is 19.8. The molecule has 284 valence electrons. The van der Waals surface area contributed by atoms with Gasteiger partial charge in [-0.3, -0.25) is 9.59 Å². The van der Waals surface area contributed by atoms with Crippen LogP contribution in [0.25, 0.3) is 0 Å². The number of hydrogen-bond donors (Lipinski definition) is 0. The van der Waals surface area contributed by atoms with Crippen molar-refractivity contribution >= 4 is 23.5 Å². The molecule has 2 aromatic rings. The zero-order valence-corrected chi connectivity index (χ0v) is 31.6. The quantitative estimate of drug-likeness (QED) is 0.0487. The van der Waals surface area contributed by atoms with E-state index in [0.717, 1.165) is 37.8 Å². The van der Waals surface area contributed by atoms with Gasteiger partial charge in [-0.1, -0.05) is 129 Å². The van der Waals surface area contributed by atoms with Crippen molar-refractivity contribution in [1.29, 1.82) is 0 Å². The van der Waals surface area contributed by atoms with Crippen LogP contribution in [-0.4, -0.2) is 36.7 Å². The predicted molar refractivity (Wildman–Crippen MR) is 205 cm³/mol. The van der Waals surface area contributed by atoms with Gasteiger partial charge in [0.1, 0.15) is 11.5 Å². The number of carbonyl (C=O) groups excluding carboxylic acids is 4. The van der Waals surface area contributed by atoms with E-state index in [1.165, 1.54) is 103 Å². The number of ether oxygens (including phenoxy) is 4. The van der Waals surface area contributed by atoms with E-state index in [4.69, 9.17) is 18.9 Å². The summed E-state index contributed by atoms with van der Waals surface area (Å²) in [6.45, 7) is 5.67. The first-order chi connectivity index (χ1) is 25.4. The van der Waals surface area contributed by atoms with E-state index >= 15 is 0 Å². The molecule has 0 saturated carbocycles. The number of allylic oxidation sites excluding steroid dienone is 2. The Kier molecular flexibility index (Phi) is 20.9. The van der Waals surface area contributed by atoms with Gasteiger partial charge in [-0.25, -0.2) is 9.59 Å². The third-order valence-electron chi connectivity index (χ3n) is 9.13. The zero-order chi connectivity index (χ0) is 37.2. The summed E-state index contributed by atoms with van der Waals surface area (Å²) < 4.78 is 22.0. The largest absolute Gasteiger partial charge is 0.494 e. The Morgan fingerprint density at radius 3 is 1.02 bits per heavy atom. The fourth-order valence-electron chi connectivity index (χ4n) is 5.93. The number of hydrogen-bond acceptors (Lipinski definition) is 8. The molecular formula is C44H60O8. The Balaban J connectivity index is 1.32. The van der Waals surface area contributed by atoms with E-state index in [0.29, 0.717) is 24.7 Å². The second-order valence-corrected chi connectivity index (χ2v) is 13.6. The van der Waals surface area contributed by atoms with Gasteiger partial charge in [0, 0.05) is 12.2 Å². The fourth-order valence-corrected chi connectivity index (χ4v) is 5.93. The standard InChI is InChI=1S/C44H60O8/c1-3-5-7-9-11-13-15-17-19-21-31-49-37-27-23-35(24-28-37)43(47)51-41-33-40(46)42(34-39(41)45)52-44(48)36-25-29-38(30-26-36)50-32-22-20-18-16-14-12-10-8-6-4-2/h23-30,33-34H,3-22,31-32H2,1-2H3. The normalized spacial score (nSPS) is 12.7. The first kappa shape index (κ1) is 42.2. The maximum Gasteiger partial charge on any atom is 0.343 e. The molecule has 1 aliphatic carbocycles. The van der Waals surface area contributed by atoms with Gasteiger partial charge in [0.05, 0.1) is 24.3 Å². The smallest absolute Gasteiger partial charge is 0.343 e. The molecule has 0 saturated heterocycles. The van der Waals surface area contributed by atoms with E-state index < -0.39 is 35.0 Å². The van der Waals surface area contributed by atoms with Crippen molar-refractivity contribution in [3.63, 3.8) is 0 Å². The molecule has 0 N–H and O–H groups in total. The predicted octanol–water partition coefficient (Wildman–Crippen LogP) is 11.2. The average molecular weight is 717 g/mol. The lowest BCUT2D eigenvalue weighted by molar-refractivity contribution is -0.118. The molecule has 0 atom stereocenters. The van der Waals surface area contributed by atoms with Crippen molar-refractivity contribution < 1.29 is 38.1 Å². The topological polar surface area (TPSA) is 105 Å². The average Bonchev–Trinajstić information content (AvgIpc) is 3.15. The number of carbonyl (C=O) groups is 4. The second-order valence-electron chi connectivity index (χ2n) is 13.6. The van der Waals surface area contributed by atoms with Gasteiger partial charge in [-0.2, -0.15) is 0 Å². The molecule has 1 aliphatic rings. The molecule has 8 nitrogen and oxygen atoms in total. The minimum absolute atomic E-state index is 0.199. The lowest BCUT2D eigenvalue weighted by Crippen LogP contribution is -2.20. The zero-order valence-electron chi connectivity index (χ0n) is 31.6. The van der Waals surface area contributed by atoms with Crippen LogP contribution in [0.1, 0.15) is 163 Å². The third-order valence-corrected chi connectivity index (χ3v) is 9.13. The summed E-state index contributed by atoms with van der Waals surface area (Å²) in [6, 6.07) is 12.9. The molecular weight excluding hydrogens is 656 g/mol. The Labute approximate surface area is 311 Å². The fraction of sp³-hybridized carbons (Fsp3) is 0.545. The molecule has 3 rings (SSSR count). The van der Waals surface area contributed by atoms with Crippen LogP contribution in [-0.2, 0) is 19.1 Å². The van der Waals surface area contributed by atoms with E-state index in [1.807, 2.05) is 0 Å². The van der Waals surface area contributed by atoms with E-state index in [2.05, 4.69) is 13.8 Å². The molecule has 52 heavy (non-hydrogen) atoms. The summed E-state index contributed by atoms with van der Waals surface area (Å²) in [5.41, 5.74) is 0.397. The van der Waals surface area contributed by atoms with Gasteiger partial charge in [-0.05, 0) is 61.4 Å². The van der Waals surface area contributed by atoms with E-state index in [9.17, 15) is 19.2 Å². The number of rotatable bonds is 28. The number of esters is 2. The molecule has 0 amide bonds. The number of ketones is 2. The van der Waals surface area contributed by atoms with Crippen molar-refractivity contribution in [2.45, 2.75) is 142 Å². The van der Waals surface area contributed by atoms with Gasteiger partial charge in [0.15, 0.2) is 11.5 Å². The van der Waals surface area contributed by atoms with Gasteiger partial charge in [0.25, 0.3) is 0 Å². The van der Waals surface area contributed by atoms with Crippen LogP contribution in [0.2, 0.25) is 0 Å². The van der Waals surface area contributed by atoms with Crippen molar-refractivity contribution in [1.82, 2.24) is 0 Å². The summed E-state index contributed by atoms with van der Waals surface area (Å²) in [5.74, 6) is -2.73. The van der Waals surface area contributed by atoms with Crippen LogP contribution in [0, 0.1) is 0 Å². The Morgan fingerprint density at radius 1 is 0.423 bits per heavy atom. The SMILES string of the molecule is CCCCCCCCCCCCOc1ccc(C(=O)OC2=CC(=O)C(OC(=O)c3ccc(OCCCCCCCCCCCC)cc3)=CC2=O)cc1. The third kappa shape index (κ3) is 16.9. The molecule has 0 unspecified atom stereocenters. The molecule has 0 radical (unpaired) electrons. The maximum atomic E-state index is 12.7.